The van der Waals surface area contributed by atoms with Gasteiger partial charge < -0.3 is 20.7 Å². The summed E-state index contributed by atoms with van der Waals surface area (Å²) in [5.74, 6) is 2.04. The predicted molar refractivity (Wildman–Crippen MR) is 116 cm³/mol. The normalized spacial score (nSPS) is 13.8. The maximum Gasteiger partial charge on any atom is 0.223 e. The van der Waals surface area contributed by atoms with Crippen LogP contribution in [0.5, 0.6) is 5.75 Å². The van der Waals surface area contributed by atoms with E-state index >= 15 is 0 Å². The highest BCUT2D eigenvalue weighted by atomic mass is 127. The van der Waals surface area contributed by atoms with Gasteiger partial charge in [-0.3, -0.25) is 4.79 Å². The summed E-state index contributed by atoms with van der Waals surface area (Å²) in [4.78, 5) is 16.2. The minimum Gasteiger partial charge on any atom is -0.491 e. The molecule has 0 aliphatic heterocycles. The molecule has 26 heavy (non-hydrogen) atoms. The fourth-order valence-corrected chi connectivity index (χ4v) is 2.36. The molecule has 2 rings (SSSR count). The Balaban J connectivity index is 0.00000338. The van der Waals surface area contributed by atoms with Gasteiger partial charge in [0.25, 0.3) is 0 Å². The molecule has 1 saturated carbocycles. The standard InChI is InChI=1S/C19H30N4O2.HI/c1-4-20-19(22-11-10-21-18(24)16-8-9-16)23-13-15-6-5-7-17(12-15)25-14(2)3;/h5-7,12,14,16H,4,8-11,13H2,1-3H3,(H,21,24)(H2,20,22,23);1H. The number of nitrogens with one attached hydrogen (secondary N) is 3. The zero-order valence-corrected chi connectivity index (χ0v) is 18.2. The van der Waals surface area contributed by atoms with Crippen LogP contribution in [-0.4, -0.2) is 37.6 Å². The number of benzene rings is 1. The Morgan fingerprint density at radius 2 is 1.96 bits per heavy atom. The first kappa shape index (κ1) is 22.5. The number of halogens is 1. The predicted octanol–water partition coefficient (Wildman–Crippen LogP) is 2.67. The Labute approximate surface area is 173 Å². The minimum atomic E-state index is 0. The van der Waals surface area contributed by atoms with Crippen LogP contribution in [0.3, 0.4) is 0 Å². The number of carbonyl (C=O) groups excluding carboxylic acids is 1. The van der Waals surface area contributed by atoms with Crippen molar-refractivity contribution in [3.8, 4) is 5.75 Å². The van der Waals surface area contributed by atoms with E-state index in [1.807, 2.05) is 45.0 Å². The van der Waals surface area contributed by atoms with Gasteiger partial charge in [-0.15, -0.1) is 24.0 Å². The summed E-state index contributed by atoms with van der Waals surface area (Å²) >= 11 is 0. The van der Waals surface area contributed by atoms with Gasteiger partial charge >= 0.3 is 0 Å². The Hall–Kier alpha value is -1.51. The summed E-state index contributed by atoms with van der Waals surface area (Å²) in [6, 6.07) is 7.99. The third-order valence-electron chi connectivity index (χ3n) is 3.70. The monoisotopic (exact) mass is 474 g/mol. The van der Waals surface area contributed by atoms with Crippen LogP contribution >= 0.6 is 24.0 Å². The van der Waals surface area contributed by atoms with Gasteiger partial charge in [0, 0.05) is 25.6 Å². The SMILES string of the molecule is CCNC(=NCc1cccc(OC(C)C)c1)NCCNC(=O)C1CC1.I. The second kappa shape index (κ2) is 12.0. The molecule has 146 valence electrons. The largest absolute Gasteiger partial charge is 0.491 e. The van der Waals surface area contributed by atoms with E-state index in [-0.39, 0.29) is 41.9 Å². The van der Waals surface area contributed by atoms with Crippen LogP contribution in [-0.2, 0) is 11.3 Å². The molecule has 0 unspecified atom stereocenters. The maximum absolute atomic E-state index is 11.6. The van der Waals surface area contributed by atoms with Crippen LogP contribution < -0.4 is 20.7 Å². The van der Waals surface area contributed by atoms with Crippen molar-refractivity contribution >= 4 is 35.8 Å². The Morgan fingerprint density at radius 3 is 2.62 bits per heavy atom. The van der Waals surface area contributed by atoms with E-state index in [0.29, 0.717) is 19.6 Å². The molecule has 6 nitrogen and oxygen atoms in total. The van der Waals surface area contributed by atoms with Gasteiger partial charge in [0.05, 0.1) is 12.6 Å². The van der Waals surface area contributed by atoms with Crippen molar-refractivity contribution in [1.82, 2.24) is 16.0 Å². The number of guanidine groups is 1. The smallest absolute Gasteiger partial charge is 0.223 e. The van der Waals surface area contributed by atoms with Crippen LogP contribution in [0.25, 0.3) is 0 Å². The molecule has 7 heteroatoms. The highest BCUT2D eigenvalue weighted by Crippen LogP contribution is 2.28. The van der Waals surface area contributed by atoms with E-state index in [4.69, 9.17) is 4.74 Å². The van der Waals surface area contributed by atoms with Crippen molar-refractivity contribution in [2.45, 2.75) is 46.3 Å². The summed E-state index contributed by atoms with van der Waals surface area (Å²) in [6.07, 6.45) is 2.22. The average Bonchev–Trinajstić information content (AvgIpc) is 3.41. The van der Waals surface area contributed by atoms with Gasteiger partial charge in [0.1, 0.15) is 5.75 Å². The van der Waals surface area contributed by atoms with Gasteiger partial charge in [0.15, 0.2) is 5.96 Å². The zero-order valence-electron chi connectivity index (χ0n) is 15.9. The van der Waals surface area contributed by atoms with E-state index in [2.05, 4.69) is 20.9 Å². The number of hydrogen-bond donors (Lipinski definition) is 3. The highest BCUT2D eigenvalue weighted by Gasteiger charge is 2.28. The molecule has 1 aromatic rings. The molecule has 1 fully saturated rings. The quantitative estimate of drug-likeness (QED) is 0.223. The number of nitrogens with zero attached hydrogens (tertiary/aromatic N) is 1. The molecule has 0 bridgehead atoms. The highest BCUT2D eigenvalue weighted by molar-refractivity contribution is 14.0. The van der Waals surface area contributed by atoms with Crippen molar-refractivity contribution < 1.29 is 9.53 Å². The van der Waals surface area contributed by atoms with Crippen LogP contribution in [0.1, 0.15) is 39.2 Å². The van der Waals surface area contributed by atoms with Gasteiger partial charge in [-0.2, -0.15) is 0 Å². The summed E-state index contributed by atoms with van der Waals surface area (Å²) in [5, 5.41) is 9.40. The summed E-state index contributed by atoms with van der Waals surface area (Å²) in [7, 11) is 0. The summed E-state index contributed by atoms with van der Waals surface area (Å²) < 4.78 is 5.72. The third kappa shape index (κ3) is 8.73. The van der Waals surface area contributed by atoms with Crippen LogP contribution in [0.2, 0.25) is 0 Å². The van der Waals surface area contributed by atoms with Crippen LogP contribution in [0.4, 0.5) is 0 Å². The Bertz CT molecular complexity index is 589. The van der Waals surface area contributed by atoms with Crippen molar-refractivity contribution in [1.29, 1.82) is 0 Å². The van der Waals surface area contributed by atoms with E-state index < -0.39 is 0 Å². The number of ether oxygens (including phenoxy) is 1. The number of rotatable bonds is 9. The molecular weight excluding hydrogens is 443 g/mol. The molecule has 0 aromatic heterocycles. The van der Waals surface area contributed by atoms with E-state index in [1.54, 1.807) is 0 Å². The lowest BCUT2D eigenvalue weighted by molar-refractivity contribution is -0.122. The summed E-state index contributed by atoms with van der Waals surface area (Å²) in [5.41, 5.74) is 1.09. The van der Waals surface area contributed by atoms with E-state index in [9.17, 15) is 4.79 Å². The van der Waals surface area contributed by atoms with Gasteiger partial charge in [-0.05, 0) is 51.3 Å². The molecule has 0 atom stereocenters. The number of hydrogen-bond acceptors (Lipinski definition) is 3. The minimum absolute atomic E-state index is 0. The van der Waals surface area contributed by atoms with Crippen LogP contribution in [0.15, 0.2) is 29.3 Å². The van der Waals surface area contributed by atoms with Crippen molar-refractivity contribution in [2.24, 2.45) is 10.9 Å². The molecule has 0 heterocycles. The van der Waals surface area contributed by atoms with Gasteiger partial charge in [0.2, 0.25) is 5.91 Å². The molecule has 0 spiro atoms. The van der Waals surface area contributed by atoms with Crippen molar-refractivity contribution in [3.63, 3.8) is 0 Å². The topological polar surface area (TPSA) is 74.8 Å². The maximum atomic E-state index is 11.6. The van der Waals surface area contributed by atoms with Crippen molar-refractivity contribution in [3.05, 3.63) is 29.8 Å². The van der Waals surface area contributed by atoms with E-state index in [0.717, 1.165) is 36.7 Å². The fourth-order valence-electron chi connectivity index (χ4n) is 2.36. The molecule has 1 aromatic carbocycles. The van der Waals surface area contributed by atoms with Crippen LogP contribution in [0, 0.1) is 5.92 Å². The zero-order chi connectivity index (χ0) is 18.1. The van der Waals surface area contributed by atoms with Crippen molar-refractivity contribution in [2.75, 3.05) is 19.6 Å². The first-order valence-corrected chi connectivity index (χ1v) is 9.14. The fraction of sp³-hybridized carbons (Fsp3) is 0.579. The molecule has 1 amide bonds. The lowest BCUT2D eigenvalue weighted by Crippen LogP contribution is -2.41. The molecule has 3 N–H and O–H groups in total. The van der Waals surface area contributed by atoms with E-state index in [1.165, 1.54) is 0 Å². The summed E-state index contributed by atoms with van der Waals surface area (Å²) in [6.45, 7) is 8.68. The van der Waals surface area contributed by atoms with Gasteiger partial charge in [-0.25, -0.2) is 4.99 Å². The molecule has 1 aliphatic rings. The first-order chi connectivity index (χ1) is 12.1. The molecular formula is C19H31IN4O2. The lowest BCUT2D eigenvalue weighted by atomic mass is 10.2. The Kier molecular flexibility index (Phi) is 10.4. The van der Waals surface area contributed by atoms with Gasteiger partial charge in [-0.1, -0.05) is 12.1 Å². The molecule has 1 aliphatic carbocycles. The second-order valence-corrected chi connectivity index (χ2v) is 6.50. The Morgan fingerprint density at radius 1 is 1.23 bits per heavy atom. The number of aliphatic imine (C=N–C) groups is 1. The number of carbonyl (C=O) groups is 1. The molecule has 0 saturated heterocycles. The lowest BCUT2D eigenvalue weighted by Gasteiger charge is -2.13. The molecule has 0 radical (unpaired) electrons. The second-order valence-electron chi connectivity index (χ2n) is 6.50. The average molecular weight is 474 g/mol. The number of amides is 1. The third-order valence-corrected chi connectivity index (χ3v) is 3.70. The first-order valence-electron chi connectivity index (χ1n) is 9.14.